The Bertz CT molecular complexity index is 455. The Kier molecular flexibility index (Phi) is 4.84. The maximum absolute atomic E-state index is 12.1. The largest absolute Gasteiger partial charge is 0.444 e. The minimum atomic E-state index is -0.487. The first-order chi connectivity index (χ1) is 9.89. The summed E-state index contributed by atoms with van der Waals surface area (Å²) in [6.45, 7) is 7.29. The molecule has 21 heavy (non-hydrogen) atoms. The van der Waals surface area contributed by atoms with Gasteiger partial charge in [-0.3, -0.25) is 0 Å². The lowest BCUT2D eigenvalue weighted by atomic mass is 10.2. The summed E-state index contributed by atoms with van der Waals surface area (Å²) in [5, 5.41) is 3.36. The molecule has 1 aromatic rings. The van der Waals surface area contributed by atoms with Crippen molar-refractivity contribution in [2.45, 2.75) is 45.1 Å². The number of amides is 1. The normalized spacial score (nSPS) is 22.6. The fourth-order valence-electron chi connectivity index (χ4n) is 2.31. The molecular weight excluding hydrogens is 272 g/mol. The van der Waals surface area contributed by atoms with Gasteiger partial charge in [0.1, 0.15) is 11.4 Å². The summed E-state index contributed by atoms with van der Waals surface area (Å²) in [6.07, 6.45) is 3.15. The molecule has 118 valence electrons. The number of rotatable bonds is 4. The molecule has 1 aliphatic heterocycles. The average Bonchev–Trinajstić information content (AvgIpc) is 3.03. The highest BCUT2D eigenvalue weighted by Gasteiger charge is 2.37. The summed E-state index contributed by atoms with van der Waals surface area (Å²) in [7, 11) is 1.66. The first kappa shape index (κ1) is 15.8. The molecule has 1 saturated heterocycles. The van der Waals surface area contributed by atoms with E-state index in [9.17, 15) is 4.79 Å². The number of carbonyl (C=O) groups is 1. The molecule has 0 radical (unpaired) electrons. The van der Waals surface area contributed by atoms with Crippen molar-refractivity contribution >= 4 is 6.09 Å². The molecule has 1 aromatic heterocycles. The molecule has 0 aromatic carbocycles. The molecule has 1 unspecified atom stereocenters. The molecular formula is C14H24N4O3. The topological polar surface area (TPSA) is 79.5 Å². The van der Waals surface area contributed by atoms with Crippen molar-refractivity contribution in [1.82, 2.24) is 20.2 Å². The van der Waals surface area contributed by atoms with E-state index in [1.165, 1.54) is 0 Å². The van der Waals surface area contributed by atoms with E-state index in [4.69, 9.17) is 9.47 Å². The Morgan fingerprint density at radius 1 is 1.52 bits per heavy atom. The van der Waals surface area contributed by atoms with E-state index in [1.807, 2.05) is 20.8 Å². The van der Waals surface area contributed by atoms with E-state index < -0.39 is 5.60 Å². The third-order valence-electron chi connectivity index (χ3n) is 3.31. The number of aromatic nitrogens is 2. The van der Waals surface area contributed by atoms with Gasteiger partial charge in [-0.25, -0.2) is 9.78 Å². The fourth-order valence-corrected chi connectivity index (χ4v) is 2.31. The summed E-state index contributed by atoms with van der Waals surface area (Å²) in [5.74, 6) is 0.862. The zero-order chi connectivity index (χ0) is 15.5. The van der Waals surface area contributed by atoms with E-state index >= 15 is 0 Å². The lowest BCUT2D eigenvalue weighted by Gasteiger charge is -2.24. The summed E-state index contributed by atoms with van der Waals surface area (Å²) >= 11 is 0. The van der Waals surface area contributed by atoms with Gasteiger partial charge >= 0.3 is 6.09 Å². The zero-order valence-electron chi connectivity index (χ0n) is 13.0. The predicted octanol–water partition coefficient (Wildman–Crippen LogP) is 1.13. The van der Waals surface area contributed by atoms with E-state index in [0.717, 1.165) is 5.82 Å². The smallest absolute Gasteiger partial charge is 0.410 e. The van der Waals surface area contributed by atoms with E-state index in [0.29, 0.717) is 19.6 Å². The Morgan fingerprint density at radius 3 is 2.86 bits per heavy atom. The van der Waals surface area contributed by atoms with Crippen molar-refractivity contribution < 1.29 is 14.3 Å². The van der Waals surface area contributed by atoms with Gasteiger partial charge < -0.3 is 24.7 Å². The Hall–Kier alpha value is -1.60. The minimum Gasteiger partial charge on any atom is -0.444 e. The van der Waals surface area contributed by atoms with Crippen LogP contribution in [0.15, 0.2) is 12.4 Å². The third-order valence-corrected chi connectivity index (χ3v) is 3.31. The SMILES string of the molecule is CO[C@H]1CN(C(=O)OC(C)(C)C)CC1NCc1ncc[nH]1. The Balaban J connectivity index is 1.89. The Morgan fingerprint density at radius 2 is 2.29 bits per heavy atom. The monoisotopic (exact) mass is 296 g/mol. The maximum Gasteiger partial charge on any atom is 0.410 e. The number of methoxy groups -OCH3 is 1. The van der Waals surface area contributed by atoms with Crippen LogP contribution in [0.1, 0.15) is 26.6 Å². The lowest BCUT2D eigenvalue weighted by molar-refractivity contribution is 0.0252. The van der Waals surface area contributed by atoms with Crippen molar-refractivity contribution in [2.75, 3.05) is 20.2 Å². The second kappa shape index (κ2) is 6.44. The predicted molar refractivity (Wildman–Crippen MR) is 77.8 cm³/mol. The number of carbonyl (C=O) groups excluding carboxylic acids is 1. The van der Waals surface area contributed by atoms with Gasteiger partial charge in [-0.15, -0.1) is 0 Å². The first-order valence-electron chi connectivity index (χ1n) is 7.11. The second-order valence-electron chi connectivity index (χ2n) is 6.18. The minimum absolute atomic E-state index is 0.0486. The molecule has 0 aliphatic carbocycles. The van der Waals surface area contributed by atoms with E-state index in [2.05, 4.69) is 15.3 Å². The molecule has 2 heterocycles. The van der Waals surface area contributed by atoms with Crippen LogP contribution in [-0.4, -0.2) is 58.9 Å². The van der Waals surface area contributed by atoms with Crippen molar-refractivity contribution in [2.24, 2.45) is 0 Å². The number of imidazole rings is 1. The van der Waals surface area contributed by atoms with Crippen molar-refractivity contribution in [3.8, 4) is 0 Å². The molecule has 2 rings (SSSR count). The molecule has 0 saturated carbocycles. The van der Waals surface area contributed by atoms with Crippen molar-refractivity contribution in [3.63, 3.8) is 0 Å². The van der Waals surface area contributed by atoms with E-state index in [-0.39, 0.29) is 18.2 Å². The Labute approximate surface area is 125 Å². The molecule has 1 amide bonds. The van der Waals surface area contributed by atoms with Crippen LogP contribution in [0.5, 0.6) is 0 Å². The van der Waals surface area contributed by atoms with Gasteiger partial charge in [-0.1, -0.05) is 0 Å². The fraction of sp³-hybridized carbons (Fsp3) is 0.714. The highest BCUT2D eigenvalue weighted by molar-refractivity contribution is 5.68. The number of H-pyrrole nitrogens is 1. The van der Waals surface area contributed by atoms with Gasteiger partial charge in [-0.05, 0) is 20.8 Å². The molecule has 0 spiro atoms. The number of ether oxygens (including phenoxy) is 2. The quantitative estimate of drug-likeness (QED) is 0.871. The molecule has 1 fully saturated rings. The lowest BCUT2D eigenvalue weighted by Crippen LogP contribution is -2.40. The van der Waals surface area contributed by atoms with Gasteiger partial charge in [0, 0.05) is 26.0 Å². The first-order valence-corrected chi connectivity index (χ1v) is 7.11. The van der Waals surface area contributed by atoms with Crippen LogP contribution in [0.25, 0.3) is 0 Å². The molecule has 1 aliphatic rings. The zero-order valence-corrected chi connectivity index (χ0v) is 13.0. The van der Waals surface area contributed by atoms with Crippen LogP contribution in [0.4, 0.5) is 4.79 Å². The van der Waals surface area contributed by atoms with Gasteiger partial charge in [0.05, 0.1) is 25.2 Å². The number of hydrogen-bond donors (Lipinski definition) is 2. The van der Waals surface area contributed by atoms with Crippen molar-refractivity contribution in [3.05, 3.63) is 18.2 Å². The number of nitrogens with one attached hydrogen (secondary N) is 2. The third kappa shape index (κ3) is 4.44. The number of aromatic amines is 1. The summed E-state index contributed by atoms with van der Waals surface area (Å²) in [4.78, 5) is 21.0. The average molecular weight is 296 g/mol. The second-order valence-corrected chi connectivity index (χ2v) is 6.18. The summed E-state index contributed by atoms with van der Waals surface area (Å²) in [5.41, 5.74) is -0.487. The van der Waals surface area contributed by atoms with Gasteiger partial charge in [-0.2, -0.15) is 0 Å². The number of likely N-dealkylation sites (tertiary alicyclic amines) is 1. The number of hydrogen-bond acceptors (Lipinski definition) is 5. The highest BCUT2D eigenvalue weighted by atomic mass is 16.6. The number of nitrogens with zero attached hydrogens (tertiary/aromatic N) is 2. The van der Waals surface area contributed by atoms with Gasteiger partial charge in [0.25, 0.3) is 0 Å². The molecule has 7 nitrogen and oxygen atoms in total. The van der Waals surface area contributed by atoms with Crippen LogP contribution in [0, 0.1) is 0 Å². The van der Waals surface area contributed by atoms with Gasteiger partial charge in [0.15, 0.2) is 0 Å². The van der Waals surface area contributed by atoms with E-state index in [1.54, 1.807) is 24.4 Å². The van der Waals surface area contributed by atoms with Crippen LogP contribution in [0.2, 0.25) is 0 Å². The van der Waals surface area contributed by atoms with Crippen LogP contribution in [-0.2, 0) is 16.0 Å². The highest BCUT2D eigenvalue weighted by Crippen LogP contribution is 2.17. The standard InChI is InChI=1S/C14H24N4O3/c1-14(2,3)21-13(19)18-8-10(11(9-18)20-4)17-7-12-15-5-6-16-12/h5-6,10-11,17H,7-9H2,1-4H3,(H,15,16)/t10?,11-/m0/s1. The van der Waals surface area contributed by atoms with Gasteiger partial charge in [0.2, 0.25) is 0 Å². The maximum atomic E-state index is 12.1. The van der Waals surface area contributed by atoms with Crippen molar-refractivity contribution in [1.29, 1.82) is 0 Å². The van der Waals surface area contributed by atoms with Crippen LogP contribution >= 0.6 is 0 Å². The molecule has 0 bridgehead atoms. The summed E-state index contributed by atoms with van der Waals surface area (Å²) < 4.78 is 10.9. The molecule has 7 heteroatoms. The molecule has 2 atom stereocenters. The molecule has 2 N–H and O–H groups in total. The van der Waals surface area contributed by atoms with Crippen LogP contribution < -0.4 is 5.32 Å². The summed E-state index contributed by atoms with van der Waals surface area (Å²) in [6, 6.07) is 0.0626. The van der Waals surface area contributed by atoms with Crippen LogP contribution in [0.3, 0.4) is 0 Å².